The van der Waals surface area contributed by atoms with Crippen LogP contribution in [0.1, 0.15) is 12.5 Å². The fourth-order valence-electron chi connectivity index (χ4n) is 1.33. The van der Waals surface area contributed by atoms with Gasteiger partial charge in [-0.25, -0.2) is 0 Å². The minimum absolute atomic E-state index is 0.204. The minimum atomic E-state index is -0.536. The largest absolute Gasteiger partial charge is 0.332 e. The van der Waals surface area contributed by atoms with Crippen LogP contribution in [0.3, 0.4) is 0 Å². The maximum Gasteiger partial charge on any atom is 0.243 e. The van der Waals surface area contributed by atoms with Crippen LogP contribution in [-0.2, 0) is 4.79 Å². The Kier molecular flexibility index (Phi) is 3.76. The first-order chi connectivity index (χ1) is 8.16. The highest BCUT2D eigenvalue weighted by molar-refractivity contribution is 8.02. The Bertz CT molecular complexity index is 483. The molecule has 1 aromatic carbocycles. The number of carbonyl (C=O) groups is 1. The lowest BCUT2D eigenvalue weighted by molar-refractivity contribution is -0.119. The number of hydrogen-bond donors (Lipinski definition) is 2. The average Bonchev–Trinajstić information content (AvgIpc) is 2.78. The van der Waals surface area contributed by atoms with E-state index >= 15 is 0 Å². The molecule has 0 spiro atoms. The summed E-state index contributed by atoms with van der Waals surface area (Å²) in [5.74, 6) is -0.204. The van der Waals surface area contributed by atoms with Crippen molar-refractivity contribution in [2.24, 2.45) is 0 Å². The van der Waals surface area contributed by atoms with Gasteiger partial charge in [0.25, 0.3) is 0 Å². The minimum Gasteiger partial charge on any atom is -0.332 e. The molecule has 1 amide bonds. The van der Waals surface area contributed by atoms with Crippen molar-refractivity contribution in [1.29, 1.82) is 0 Å². The van der Waals surface area contributed by atoms with E-state index < -0.39 is 5.38 Å². The van der Waals surface area contributed by atoms with Gasteiger partial charge in [0, 0.05) is 5.41 Å². The Morgan fingerprint density at radius 2 is 2.12 bits per heavy atom. The fourth-order valence-corrected chi connectivity index (χ4v) is 2.14. The number of amides is 1. The highest BCUT2D eigenvalue weighted by Crippen LogP contribution is 2.17. The van der Waals surface area contributed by atoms with Crippen molar-refractivity contribution >= 4 is 39.7 Å². The van der Waals surface area contributed by atoms with Gasteiger partial charge in [0.1, 0.15) is 5.38 Å². The molecule has 3 nitrogen and oxygen atoms in total. The van der Waals surface area contributed by atoms with Crippen molar-refractivity contribution < 1.29 is 4.79 Å². The van der Waals surface area contributed by atoms with Gasteiger partial charge in [-0.15, -0.1) is 23.0 Å². The summed E-state index contributed by atoms with van der Waals surface area (Å²) in [6.45, 7) is 1.64. The zero-order chi connectivity index (χ0) is 12.3. The molecule has 1 unspecified atom stereocenters. The summed E-state index contributed by atoms with van der Waals surface area (Å²) in [6, 6.07) is 9.93. The van der Waals surface area contributed by atoms with Gasteiger partial charge in [-0.1, -0.05) is 30.3 Å². The van der Waals surface area contributed by atoms with E-state index in [4.69, 9.17) is 11.6 Å². The Labute approximate surface area is 109 Å². The van der Waals surface area contributed by atoms with Crippen molar-refractivity contribution in [3.63, 3.8) is 0 Å². The number of carbonyl (C=O) groups excluding carboxylic acids is 1. The predicted octanol–water partition coefficient (Wildman–Crippen LogP) is 2.15. The maximum absolute atomic E-state index is 11.4. The van der Waals surface area contributed by atoms with Gasteiger partial charge >= 0.3 is 0 Å². The third kappa shape index (κ3) is 3.05. The van der Waals surface area contributed by atoms with Crippen molar-refractivity contribution in [1.82, 2.24) is 10.6 Å². The van der Waals surface area contributed by atoms with E-state index in [0.29, 0.717) is 5.11 Å². The predicted molar refractivity (Wildman–Crippen MR) is 73.6 cm³/mol. The monoisotopic (exact) mass is 267 g/mol. The molecule has 2 rings (SSSR count). The Morgan fingerprint density at radius 1 is 1.41 bits per heavy atom. The van der Waals surface area contributed by atoms with Crippen LogP contribution >= 0.6 is 23.0 Å². The van der Waals surface area contributed by atoms with Crippen molar-refractivity contribution in [2.75, 3.05) is 0 Å². The highest BCUT2D eigenvalue weighted by atomic mass is 35.5. The molecule has 1 heterocycles. The smallest absolute Gasteiger partial charge is 0.243 e. The molecule has 1 aliphatic rings. The first-order valence-corrected chi connectivity index (χ1v) is 6.49. The molecule has 1 aromatic rings. The molecule has 1 radical (unpaired) electrons. The second-order valence-electron chi connectivity index (χ2n) is 3.57. The van der Waals surface area contributed by atoms with E-state index in [0.717, 1.165) is 11.3 Å². The summed E-state index contributed by atoms with van der Waals surface area (Å²) >= 11 is 7.12. The zero-order valence-corrected chi connectivity index (χ0v) is 10.8. The second-order valence-corrected chi connectivity index (χ2v) is 5.11. The van der Waals surface area contributed by atoms with Crippen molar-refractivity contribution in [3.05, 3.63) is 41.3 Å². The molecule has 0 fully saturated rings. The topological polar surface area (TPSA) is 41.1 Å². The van der Waals surface area contributed by atoms with E-state index in [2.05, 4.69) is 10.6 Å². The lowest BCUT2D eigenvalue weighted by Gasteiger charge is -2.10. The number of benzene rings is 1. The van der Waals surface area contributed by atoms with E-state index in [1.807, 2.05) is 35.7 Å². The molecule has 0 aromatic heterocycles. The average molecular weight is 268 g/mol. The van der Waals surface area contributed by atoms with E-state index in [1.54, 1.807) is 6.92 Å². The summed E-state index contributed by atoms with van der Waals surface area (Å²) in [5, 5.41) is 7.99. The van der Waals surface area contributed by atoms with E-state index in [9.17, 15) is 4.79 Å². The lowest BCUT2D eigenvalue weighted by atomic mass is 10.2. The standard InChI is InChI=1S/C12H12ClN2OS/c1-8(13)11(16)15-12-14-10(7-17-12)9-5-3-2-4-6-9/h2-8,14H,1H3,(H,15,16). The maximum atomic E-state index is 11.4. The van der Waals surface area contributed by atoms with Crippen LogP contribution in [0.2, 0.25) is 0 Å². The van der Waals surface area contributed by atoms with Gasteiger partial charge in [0.05, 0.1) is 5.70 Å². The highest BCUT2D eigenvalue weighted by Gasteiger charge is 2.15. The number of alkyl halides is 1. The van der Waals surface area contributed by atoms with Crippen LogP contribution in [0, 0.1) is 0 Å². The van der Waals surface area contributed by atoms with E-state index in [-0.39, 0.29) is 5.91 Å². The molecule has 1 aliphatic heterocycles. The summed E-state index contributed by atoms with van der Waals surface area (Å²) in [6.07, 6.45) is 0. The van der Waals surface area contributed by atoms with Gasteiger partial charge in [-0.05, 0) is 12.5 Å². The third-order valence-corrected chi connectivity index (χ3v) is 3.22. The molecule has 0 bridgehead atoms. The third-order valence-electron chi connectivity index (χ3n) is 2.23. The number of rotatable bonds is 2. The summed E-state index contributed by atoms with van der Waals surface area (Å²) in [5.41, 5.74) is 2.07. The molecule has 17 heavy (non-hydrogen) atoms. The summed E-state index contributed by atoms with van der Waals surface area (Å²) in [4.78, 5) is 11.4. The zero-order valence-electron chi connectivity index (χ0n) is 9.24. The molecule has 0 aliphatic carbocycles. The first kappa shape index (κ1) is 12.1. The molecule has 0 saturated carbocycles. The Morgan fingerprint density at radius 3 is 2.76 bits per heavy atom. The summed E-state index contributed by atoms with van der Waals surface area (Å²) < 4.78 is 0. The number of hydrogen-bond acceptors (Lipinski definition) is 2. The second kappa shape index (κ2) is 5.29. The van der Waals surface area contributed by atoms with Gasteiger partial charge in [0.2, 0.25) is 5.91 Å². The Balaban J connectivity index is 1.97. The normalized spacial score (nSPS) is 15.6. The van der Waals surface area contributed by atoms with E-state index in [1.165, 1.54) is 11.4 Å². The van der Waals surface area contributed by atoms with Gasteiger partial charge in [-0.3, -0.25) is 4.79 Å². The van der Waals surface area contributed by atoms with Crippen LogP contribution in [0.25, 0.3) is 5.70 Å². The molecule has 2 N–H and O–H groups in total. The molecule has 5 heteroatoms. The number of halogens is 1. The molecule has 89 valence electrons. The molecule has 1 atom stereocenters. The first-order valence-electron chi connectivity index (χ1n) is 5.18. The van der Waals surface area contributed by atoms with Gasteiger partial charge < -0.3 is 10.6 Å². The molecular formula is C12H12ClN2OS. The summed E-state index contributed by atoms with van der Waals surface area (Å²) in [7, 11) is 0. The fraction of sp³-hybridized carbons (Fsp3) is 0.167. The van der Waals surface area contributed by atoms with Crippen LogP contribution in [0.15, 0.2) is 35.7 Å². The van der Waals surface area contributed by atoms with Crippen LogP contribution in [0.4, 0.5) is 0 Å². The number of nitrogens with one attached hydrogen (secondary N) is 2. The van der Waals surface area contributed by atoms with Crippen molar-refractivity contribution in [3.8, 4) is 0 Å². The SMILES string of the molecule is CC(Cl)C(=O)NC1=[S]C=C(c2ccccc2)N1. The molecular weight excluding hydrogens is 256 g/mol. The lowest BCUT2D eigenvalue weighted by Crippen LogP contribution is -2.40. The van der Waals surface area contributed by atoms with Gasteiger partial charge in [-0.2, -0.15) is 0 Å². The van der Waals surface area contributed by atoms with Crippen LogP contribution in [0.5, 0.6) is 0 Å². The van der Waals surface area contributed by atoms with Crippen LogP contribution in [-0.4, -0.2) is 16.4 Å². The van der Waals surface area contributed by atoms with Gasteiger partial charge in [0.15, 0.2) is 5.11 Å². The van der Waals surface area contributed by atoms with Crippen molar-refractivity contribution in [2.45, 2.75) is 12.3 Å². The quantitative estimate of drug-likeness (QED) is 0.637. The van der Waals surface area contributed by atoms with Crippen LogP contribution < -0.4 is 10.6 Å². The Hall–Kier alpha value is -1.39. The molecule has 0 saturated heterocycles.